The van der Waals surface area contributed by atoms with Crippen LogP contribution in [0.5, 0.6) is 11.5 Å². The van der Waals surface area contributed by atoms with Gasteiger partial charge in [-0.15, -0.1) is 0 Å². The molecule has 2 aromatic carbocycles. The molecule has 2 unspecified atom stereocenters. The van der Waals surface area contributed by atoms with Gasteiger partial charge in [0, 0.05) is 18.8 Å². The highest BCUT2D eigenvalue weighted by Gasteiger charge is 2.27. The summed E-state index contributed by atoms with van der Waals surface area (Å²) in [5.41, 5.74) is 0.580. The Hall–Kier alpha value is -2.84. The maximum Gasteiger partial charge on any atom is 0.310 e. The average Bonchev–Trinajstić information content (AvgIpc) is 2.70. The quantitative estimate of drug-likeness (QED) is 0.413. The number of hydrogen-bond acceptors (Lipinski definition) is 5. The fraction of sp³-hybridized carbons (Fsp3) is 0.391. The maximum absolute atomic E-state index is 12.6. The Morgan fingerprint density at radius 2 is 1.79 bits per heavy atom. The molecule has 28 heavy (non-hydrogen) atoms. The summed E-state index contributed by atoms with van der Waals surface area (Å²) in [7, 11) is 0. The molecule has 0 aromatic heterocycles. The zero-order valence-electron chi connectivity index (χ0n) is 16.6. The van der Waals surface area contributed by atoms with Crippen LogP contribution in [0.25, 0.3) is 0 Å². The number of para-hydroxylation sites is 1. The lowest BCUT2D eigenvalue weighted by Crippen LogP contribution is -2.25. The first-order valence-corrected chi connectivity index (χ1v) is 9.55. The first-order valence-electron chi connectivity index (χ1n) is 9.55. The zero-order chi connectivity index (χ0) is 20.4. The van der Waals surface area contributed by atoms with Gasteiger partial charge in [0.2, 0.25) is 6.10 Å². The molecule has 0 aliphatic rings. The molecule has 0 saturated carbocycles. The third kappa shape index (κ3) is 6.40. The lowest BCUT2D eigenvalue weighted by atomic mass is 9.93. The third-order valence-electron chi connectivity index (χ3n) is 4.38. The molecule has 0 aliphatic heterocycles. The van der Waals surface area contributed by atoms with Crippen LogP contribution in [0.1, 0.15) is 38.9 Å². The van der Waals surface area contributed by atoms with Gasteiger partial charge in [-0.3, -0.25) is 4.79 Å². The smallest absolute Gasteiger partial charge is 0.310 e. The molecule has 148 valence electrons. The Kier molecular flexibility index (Phi) is 8.51. The van der Waals surface area contributed by atoms with Crippen molar-refractivity contribution in [1.29, 1.82) is 5.26 Å². The van der Waals surface area contributed by atoms with E-state index in [1.54, 1.807) is 24.3 Å². The molecule has 0 aliphatic carbocycles. The van der Waals surface area contributed by atoms with Crippen LogP contribution < -0.4 is 4.74 Å². The summed E-state index contributed by atoms with van der Waals surface area (Å²) in [5.74, 6) is 0.680. The molecule has 0 fully saturated rings. The van der Waals surface area contributed by atoms with Gasteiger partial charge in [-0.1, -0.05) is 44.2 Å². The van der Waals surface area contributed by atoms with Crippen molar-refractivity contribution in [2.24, 2.45) is 11.8 Å². The van der Waals surface area contributed by atoms with Crippen molar-refractivity contribution in [2.45, 2.75) is 33.3 Å². The van der Waals surface area contributed by atoms with Gasteiger partial charge in [0.05, 0.1) is 5.92 Å². The molecule has 0 amide bonds. The van der Waals surface area contributed by atoms with E-state index in [1.165, 1.54) is 0 Å². The van der Waals surface area contributed by atoms with Gasteiger partial charge in [0.15, 0.2) is 0 Å². The van der Waals surface area contributed by atoms with E-state index in [0.29, 0.717) is 36.7 Å². The molecule has 5 nitrogen and oxygen atoms in total. The molecule has 5 heteroatoms. The van der Waals surface area contributed by atoms with Crippen molar-refractivity contribution < 1.29 is 19.0 Å². The van der Waals surface area contributed by atoms with E-state index in [9.17, 15) is 10.1 Å². The SMILES string of the molecule is CCOCCC(C(=O)OC(C#N)c1cccc(Oc2ccccc2)c1)C(C)C. The van der Waals surface area contributed by atoms with Crippen LogP contribution in [-0.2, 0) is 14.3 Å². The minimum Gasteiger partial charge on any atom is -0.457 e. The van der Waals surface area contributed by atoms with Crippen molar-refractivity contribution >= 4 is 5.97 Å². The van der Waals surface area contributed by atoms with E-state index in [1.807, 2.05) is 51.1 Å². The molecule has 2 atom stereocenters. The highest BCUT2D eigenvalue weighted by molar-refractivity contribution is 5.73. The van der Waals surface area contributed by atoms with Gasteiger partial charge in [0.25, 0.3) is 0 Å². The second-order valence-electron chi connectivity index (χ2n) is 6.77. The highest BCUT2D eigenvalue weighted by atomic mass is 16.5. The predicted molar refractivity (Wildman–Crippen MR) is 107 cm³/mol. The molecule has 0 radical (unpaired) electrons. The van der Waals surface area contributed by atoms with E-state index in [0.717, 1.165) is 0 Å². The summed E-state index contributed by atoms with van der Waals surface area (Å²) < 4.78 is 16.7. The Morgan fingerprint density at radius 1 is 1.07 bits per heavy atom. The average molecular weight is 381 g/mol. The number of carbonyl (C=O) groups excluding carboxylic acids is 1. The van der Waals surface area contributed by atoms with E-state index in [-0.39, 0.29) is 17.8 Å². The standard InChI is InChI=1S/C23H27NO4/c1-4-26-14-13-21(17(2)3)23(25)28-22(16-24)18-9-8-12-20(15-18)27-19-10-6-5-7-11-19/h5-12,15,17,21-22H,4,13-14H2,1-3H3. The van der Waals surface area contributed by atoms with Crippen molar-refractivity contribution in [2.75, 3.05) is 13.2 Å². The second kappa shape index (κ2) is 11.1. The first-order chi connectivity index (χ1) is 13.5. The number of hydrogen-bond donors (Lipinski definition) is 0. The normalized spacial score (nSPS) is 12.8. The van der Waals surface area contributed by atoms with Crippen LogP contribution in [0, 0.1) is 23.2 Å². The minimum atomic E-state index is -0.986. The topological polar surface area (TPSA) is 68.5 Å². The number of benzene rings is 2. The van der Waals surface area contributed by atoms with E-state index >= 15 is 0 Å². The van der Waals surface area contributed by atoms with Crippen molar-refractivity contribution in [3.05, 3.63) is 60.2 Å². The Balaban J connectivity index is 2.08. The largest absolute Gasteiger partial charge is 0.457 e. The third-order valence-corrected chi connectivity index (χ3v) is 4.38. The van der Waals surface area contributed by atoms with Crippen LogP contribution in [0.3, 0.4) is 0 Å². The van der Waals surface area contributed by atoms with Gasteiger partial charge < -0.3 is 14.2 Å². The number of rotatable bonds is 10. The molecule has 0 N–H and O–H groups in total. The molecular formula is C23H27NO4. The summed E-state index contributed by atoms with van der Waals surface area (Å²) in [5, 5.41) is 9.55. The van der Waals surface area contributed by atoms with E-state index in [2.05, 4.69) is 6.07 Å². The lowest BCUT2D eigenvalue weighted by molar-refractivity contribution is -0.154. The number of nitrogens with zero attached hydrogens (tertiary/aromatic N) is 1. The van der Waals surface area contributed by atoms with Crippen molar-refractivity contribution in [3.8, 4) is 17.6 Å². The monoisotopic (exact) mass is 381 g/mol. The summed E-state index contributed by atoms with van der Waals surface area (Å²) in [4.78, 5) is 12.6. The summed E-state index contributed by atoms with van der Waals surface area (Å²) in [6, 6.07) is 18.5. The number of esters is 1. The fourth-order valence-corrected chi connectivity index (χ4v) is 2.82. The van der Waals surface area contributed by atoms with Crippen LogP contribution in [0.15, 0.2) is 54.6 Å². The number of carbonyl (C=O) groups is 1. The fourth-order valence-electron chi connectivity index (χ4n) is 2.82. The van der Waals surface area contributed by atoms with E-state index in [4.69, 9.17) is 14.2 Å². The van der Waals surface area contributed by atoms with Gasteiger partial charge >= 0.3 is 5.97 Å². The summed E-state index contributed by atoms with van der Waals surface area (Å²) >= 11 is 0. The molecule has 0 spiro atoms. The summed E-state index contributed by atoms with van der Waals surface area (Å²) in [6.45, 7) is 6.95. The Morgan fingerprint density at radius 3 is 2.43 bits per heavy atom. The molecule has 0 bridgehead atoms. The highest BCUT2D eigenvalue weighted by Crippen LogP contribution is 2.27. The molecule has 0 heterocycles. The van der Waals surface area contributed by atoms with E-state index < -0.39 is 6.10 Å². The van der Waals surface area contributed by atoms with Gasteiger partial charge in [-0.05, 0) is 43.5 Å². The van der Waals surface area contributed by atoms with Crippen molar-refractivity contribution in [1.82, 2.24) is 0 Å². The Bertz CT molecular complexity index is 783. The van der Waals surface area contributed by atoms with Crippen molar-refractivity contribution in [3.63, 3.8) is 0 Å². The number of nitriles is 1. The van der Waals surface area contributed by atoms with Gasteiger partial charge in [0.1, 0.15) is 17.6 Å². The van der Waals surface area contributed by atoms with Gasteiger partial charge in [-0.25, -0.2) is 0 Å². The van der Waals surface area contributed by atoms with Crippen LogP contribution in [0.4, 0.5) is 0 Å². The molecule has 0 saturated heterocycles. The van der Waals surface area contributed by atoms with Crippen LogP contribution >= 0.6 is 0 Å². The molecular weight excluding hydrogens is 354 g/mol. The molecule has 2 rings (SSSR count). The minimum absolute atomic E-state index is 0.0973. The van der Waals surface area contributed by atoms with Gasteiger partial charge in [-0.2, -0.15) is 5.26 Å². The predicted octanol–water partition coefficient (Wildman–Crippen LogP) is 5.29. The summed E-state index contributed by atoms with van der Waals surface area (Å²) in [6.07, 6.45) is -0.417. The Labute approximate surface area is 166 Å². The zero-order valence-corrected chi connectivity index (χ0v) is 16.6. The van der Waals surface area contributed by atoms with Crippen LogP contribution in [-0.4, -0.2) is 19.2 Å². The number of ether oxygens (including phenoxy) is 3. The lowest BCUT2D eigenvalue weighted by Gasteiger charge is -2.21. The maximum atomic E-state index is 12.6. The second-order valence-corrected chi connectivity index (χ2v) is 6.77. The molecule has 2 aromatic rings. The van der Waals surface area contributed by atoms with Crippen LogP contribution in [0.2, 0.25) is 0 Å². The first kappa shape index (κ1) is 21.5.